The average Bonchev–Trinajstić information content (AvgIpc) is 3.18. The van der Waals surface area contributed by atoms with Crippen LogP contribution < -0.4 is 10.1 Å². The summed E-state index contributed by atoms with van der Waals surface area (Å²) in [5.74, 6) is -0.158. The Labute approximate surface area is 157 Å². The van der Waals surface area contributed by atoms with Gasteiger partial charge in [-0.2, -0.15) is 0 Å². The number of anilines is 1. The van der Waals surface area contributed by atoms with Crippen LogP contribution in [-0.4, -0.2) is 60.3 Å². The third kappa shape index (κ3) is 4.78. The van der Waals surface area contributed by atoms with E-state index in [9.17, 15) is 14.3 Å². The van der Waals surface area contributed by atoms with Gasteiger partial charge >= 0.3 is 6.03 Å². The third-order valence-corrected chi connectivity index (χ3v) is 4.74. The molecule has 0 radical (unpaired) electrons. The van der Waals surface area contributed by atoms with Crippen LogP contribution in [0, 0.1) is 5.82 Å². The maximum Gasteiger partial charge on any atom is 0.322 e. The Morgan fingerprint density at radius 1 is 1.41 bits per heavy atom. The quantitative estimate of drug-likeness (QED) is 0.809. The number of nitrogens with one attached hydrogen (secondary N) is 1. The Bertz CT molecular complexity index is 753. The van der Waals surface area contributed by atoms with Crippen LogP contribution in [0.1, 0.15) is 12.0 Å². The number of hydrogen-bond donors (Lipinski definition) is 2. The number of methoxy groups -OCH3 is 1. The second kappa shape index (κ2) is 8.88. The first kappa shape index (κ1) is 19.2. The van der Waals surface area contributed by atoms with Gasteiger partial charge in [0.25, 0.3) is 0 Å². The molecule has 0 unspecified atom stereocenters. The molecule has 2 N–H and O–H groups in total. The molecule has 2 amide bonds. The van der Waals surface area contributed by atoms with Gasteiger partial charge < -0.3 is 24.5 Å². The van der Waals surface area contributed by atoms with Gasteiger partial charge in [-0.05, 0) is 24.6 Å². The van der Waals surface area contributed by atoms with Gasteiger partial charge in [0.1, 0.15) is 11.6 Å². The van der Waals surface area contributed by atoms with Crippen molar-refractivity contribution in [1.29, 1.82) is 0 Å². The zero-order valence-electron chi connectivity index (χ0n) is 15.2. The molecule has 1 aromatic carbocycles. The third-order valence-electron chi connectivity index (χ3n) is 4.74. The molecule has 1 fully saturated rings. The molecule has 0 bridgehead atoms. The maximum absolute atomic E-state index is 14.1. The SMILES string of the molecule is COc1ccc(NC(=O)N2CCN(Cc3ccoc3)[C@H](CCO)C2)c(F)c1. The van der Waals surface area contributed by atoms with E-state index in [2.05, 4.69) is 10.2 Å². The Morgan fingerprint density at radius 2 is 2.26 bits per heavy atom. The smallest absolute Gasteiger partial charge is 0.322 e. The molecule has 1 atom stereocenters. The second-order valence-electron chi connectivity index (χ2n) is 6.49. The first-order valence-electron chi connectivity index (χ1n) is 8.86. The summed E-state index contributed by atoms with van der Waals surface area (Å²) in [6, 6.07) is 5.87. The lowest BCUT2D eigenvalue weighted by atomic mass is 10.1. The monoisotopic (exact) mass is 377 g/mol. The molecular weight excluding hydrogens is 353 g/mol. The summed E-state index contributed by atoms with van der Waals surface area (Å²) < 4.78 is 24.2. The second-order valence-corrected chi connectivity index (χ2v) is 6.49. The predicted molar refractivity (Wildman–Crippen MR) is 98.2 cm³/mol. The molecule has 27 heavy (non-hydrogen) atoms. The summed E-state index contributed by atoms with van der Waals surface area (Å²) in [6.07, 6.45) is 3.88. The fourth-order valence-corrected chi connectivity index (χ4v) is 3.24. The average molecular weight is 377 g/mol. The molecule has 146 valence electrons. The minimum atomic E-state index is -0.548. The molecule has 1 saturated heterocycles. The van der Waals surface area contributed by atoms with Crippen molar-refractivity contribution in [1.82, 2.24) is 9.80 Å². The molecule has 7 nitrogen and oxygen atoms in total. The number of amides is 2. The fraction of sp³-hybridized carbons (Fsp3) is 0.421. The van der Waals surface area contributed by atoms with E-state index in [0.29, 0.717) is 38.3 Å². The summed E-state index contributed by atoms with van der Waals surface area (Å²) in [6.45, 7) is 2.37. The number of piperazine rings is 1. The molecule has 8 heteroatoms. The van der Waals surface area contributed by atoms with Gasteiger partial charge in [0.05, 0.1) is 25.3 Å². The van der Waals surface area contributed by atoms with Crippen LogP contribution >= 0.6 is 0 Å². The Morgan fingerprint density at radius 3 is 2.93 bits per heavy atom. The molecule has 2 heterocycles. The highest BCUT2D eigenvalue weighted by molar-refractivity contribution is 5.89. The van der Waals surface area contributed by atoms with Crippen LogP contribution in [0.25, 0.3) is 0 Å². The number of benzene rings is 1. The summed E-state index contributed by atoms with van der Waals surface area (Å²) >= 11 is 0. The summed E-state index contributed by atoms with van der Waals surface area (Å²) in [4.78, 5) is 16.4. The van der Waals surface area contributed by atoms with Gasteiger partial charge in [-0.25, -0.2) is 9.18 Å². The lowest BCUT2D eigenvalue weighted by molar-refractivity contribution is 0.0717. The van der Waals surface area contributed by atoms with Gasteiger partial charge in [-0.15, -0.1) is 0 Å². The van der Waals surface area contributed by atoms with Crippen molar-refractivity contribution in [2.45, 2.75) is 19.0 Å². The number of carbonyl (C=O) groups excluding carboxylic acids is 1. The van der Waals surface area contributed by atoms with Gasteiger partial charge in [0.2, 0.25) is 0 Å². The normalized spacial score (nSPS) is 17.7. The van der Waals surface area contributed by atoms with E-state index in [1.54, 1.807) is 23.5 Å². The molecule has 1 aliphatic heterocycles. The highest BCUT2D eigenvalue weighted by Gasteiger charge is 2.29. The maximum atomic E-state index is 14.1. The fourth-order valence-electron chi connectivity index (χ4n) is 3.24. The Balaban J connectivity index is 1.62. The van der Waals surface area contributed by atoms with Crippen LogP contribution in [-0.2, 0) is 6.54 Å². The highest BCUT2D eigenvalue weighted by atomic mass is 19.1. The largest absolute Gasteiger partial charge is 0.497 e. The van der Waals surface area contributed by atoms with Crippen molar-refractivity contribution in [2.75, 3.05) is 38.7 Å². The summed E-state index contributed by atoms with van der Waals surface area (Å²) in [5, 5.41) is 12.0. The first-order valence-corrected chi connectivity index (χ1v) is 8.86. The number of nitrogens with zero attached hydrogens (tertiary/aromatic N) is 2. The zero-order chi connectivity index (χ0) is 19.2. The van der Waals surface area contributed by atoms with E-state index in [0.717, 1.165) is 5.56 Å². The minimum Gasteiger partial charge on any atom is -0.497 e. The van der Waals surface area contributed by atoms with E-state index in [1.165, 1.54) is 19.2 Å². The van der Waals surface area contributed by atoms with Crippen molar-refractivity contribution in [3.8, 4) is 5.75 Å². The Kier molecular flexibility index (Phi) is 6.31. The molecule has 2 aromatic rings. The van der Waals surface area contributed by atoms with E-state index in [1.807, 2.05) is 6.07 Å². The van der Waals surface area contributed by atoms with Gasteiger partial charge in [-0.3, -0.25) is 4.90 Å². The van der Waals surface area contributed by atoms with Gasteiger partial charge in [0, 0.05) is 50.5 Å². The summed E-state index contributed by atoms with van der Waals surface area (Å²) in [5.41, 5.74) is 1.16. The number of aliphatic hydroxyl groups is 1. The van der Waals surface area contributed by atoms with E-state index in [4.69, 9.17) is 9.15 Å². The number of furan rings is 1. The number of urea groups is 1. The zero-order valence-corrected chi connectivity index (χ0v) is 15.2. The number of rotatable bonds is 6. The van der Waals surface area contributed by atoms with E-state index < -0.39 is 5.82 Å². The number of hydrogen-bond acceptors (Lipinski definition) is 5. The van der Waals surface area contributed by atoms with Crippen LogP contribution in [0.2, 0.25) is 0 Å². The molecule has 0 spiro atoms. The topological polar surface area (TPSA) is 78.2 Å². The van der Waals surface area contributed by atoms with Crippen molar-refractivity contribution >= 4 is 11.7 Å². The number of ether oxygens (including phenoxy) is 1. The molecule has 1 aliphatic rings. The van der Waals surface area contributed by atoms with Crippen LogP contribution in [0.4, 0.5) is 14.9 Å². The van der Waals surface area contributed by atoms with Crippen molar-refractivity contribution in [3.63, 3.8) is 0 Å². The predicted octanol–water partition coefficient (Wildman–Crippen LogP) is 2.53. The molecular formula is C19H24FN3O4. The van der Waals surface area contributed by atoms with Gasteiger partial charge in [-0.1, -0.05) is 0 Å². The number of aliphatic hydroxyl groups excluding tert-OH is 1. The standard InChI is InChI=1S/C19H24FN3O4/c1-26-16-2-3-18(17(20)10-16)21-19(25)23-7-6-22(15(12-23)4-8-24)11-14-5-9-27-13-14/h2-3,5,9-10,13,15,24H,4,6-8,11-12H2,1H3,(H,21,25)/t15-/m1/s1. The molecule has 1 aromatic heterocycles. The van der Waals surface area contributed by atoms with Crippen molar-refractivity contribution in [3.05, 3.63) is 48.2 Å². The van der Waals surface area contributed by atoms with Crippen LogP contribution in [0.15, 0.2) is 41.2 Å². The van der Waals surface area contributed by atoms with E-state index in [-0.39, 0.29) is 24.4 Å². The molecule has 3 rings (SSSR count). The minimum absolute atomic E-state index is 0.0186. The first-order chi connectivity index (χ1) is 13.1. The van der Waals surface area contributed by atoms with Crippen LogP contribution in [0.3, 0.4) is 0 Å². The molecule has 0 aliphatic carbocycles. The van der Waals surface area contributed by atoms with Crippen molar-refractivity contribution in [2.24, 2.45) is 0 Å². The number of halogens is 1. The number of carbonyl (C=O) groups is 1. The van der Waals surface area contributed by atoms with Gasteiger partial charge in [0.15, 0.2) is 0 Å². The lowest BCUT2D eigenvalue weighted by Gasteiger charge is -2.41. The lowest BCUT2D eigenvalue weighted by Crippen LogP contribution is -2.55. The molecule has 0 saturated carbocycles. The Hall–Kier alpha value is -2.58. The highest BCUT2D eigenvalue weighted by Crippen LogP contribution is 2.22. The summed E-state index contributed by atoms with van der Waals surface area (Å²) in [7, 11) is 1.46. The van der Waals surface area contributed by atoms with E-state index >= 15 is 0 Å². The van der Waals surface area contributed by atoms with Crippen LogP contribution in [0.5, 0.6) is 5.75 Å². The van der Waals surface area contributed by atoms with Crippen molar-refractivity contribution < 1.29 is 23.4 Å².